The molecular weight excluding hydrogens is 288 g/mol. The molecule has 2 rings (SSSR count). The highest BCUT2D eigenvalue weighted by atomic mass is 16.5. The van der Waals surface area contributed by atoms with Gasteiger partial charge in [0.05, 0.1) is 6.61 Å². The Hall–Kier alpha value is -2.67. The summed E-state index contributed by atoms with van der Waals surface area (Å²) in [5, 5.41) is 8.79. The van der Waals surface area contributed by atoms with Gasteiger partial charge in [-0.3, -0.25) is 14.2 Å². The second-order valence-electron chi connectivity index (χ2n) is 4.81. The molecule has 0 bridgehead atoms. The Bertz CT molecular complexity index is 777. The van der Waals surface area contributed by atoms with E-state index in [1.165, 1.54) is 13.1 Å². The van der Waals surface area contributed by atoms with Crippen LogP contribution in [0.3, 0.4) is 0 Å². The molecule has 0 aliphatic heterocycles. The van der Waals surface area contributed by atoms with Gasteiger partial charge in [0.1, 0.15) is 13.3 Å². The van der Waals surface area contributed by atoms with E-state index in [1.54, 1.807) is 0 Å². The number of aromatic nitrogens is 2. The molecule has 0 saturated heterocycles. The first-order chi connectivity index (χ1) is 10.5. The van der Waals surface area contributed by atoms with E-state index >= 15 is 0 Å². The van der Waals surface area contributed by atoms with Gasteiger partial charge in [0, 0.05) is 11.8 Å². The molecule has 0 aliphatic carbocycles. The van der Waals surface area contributed by atoms with E-state index in [4.69, 9.17) is 9.84 Å². The lowest BCUT2D eigenvalue weighted by Gasteiger charge is -2.10. The molecule has 22 heavy (non-hydrogen) atoms. The minimum absolute atomic E-state index is 0.228. The van der Waals surface area contributed by atoms with Gasteiger partial charge in [0.2, 0.25) is 0 Å². The minimum atomic E-state index is -1.16. The maximum atomic E-state index is 12.1. The minimum Gasteiger partial charge on any atom is -0.480 e. The van der Waals surface area contributed by atoms with Gasteiger partial charge in [-0.2, -0.15) is 0 Å². The van der Waals surface area contributed by atoms with Crippen molar-refractivity contribution >= 4 is 5.97 Å². The summed E-state index contributed by atoms with van der Waals surface area (Å²) >= 11 is 0. The highest BCUT2D eigenvalue weighted by molar-refractivity contribution is 5.66. The molecule has 0 amide bonds. The van der Waals surface area contributed by atoms with Crippen LogP contribution >= 0.6 is 0 Å². The molecule has 1 aromatic carbocycles. The lowest BCUT2D eigenvalue weighted by molar-refractivity contribution is -0.137. The van der Waals surface area contributed by atoms with Gasteiger partial charge in [0.15, 0.2) is 0 Å². The molecule has 1 N–H and O–H groups in total. The fourth-order valence-corrected chi connectivity index (χ4v) is 2.00. The van der Waals surface area contributed by atoms with Gasteiger partial charge >= 0.3 is 11.7 Å². The molecule has 0 aliphatic rings. The molecule has 2 aromatic rings. The van der Waals surface area contributed by atoms with Crippen molar-refractivity contribution < 1.29 is 14.6 Å². The largest absolute Gasteiger partial charge is 0.480 e. The lowest BCUT2D eigenvalue weighted by atomic mass is 10.2. The van der Waals surface area contributed by atoms with Crippen LogP contribution in [0.25, 0.3) is 0 Å². The fraction of sp³-hybridized carbons (Fsp3) is 0.267. The van der Waals surface area contributed by atoms with Crippen molar-refractivity contribution in [1.29, 1.82) is 0 Å². The summed E-state index contributed by atoms with van der Waals surface area (Å²) in [7, 11) is 0. The predicted molar refractivity (Wildman–Crippen MR) is 78.6 cm³/mol. The van der Waals surface area contributed by atoms with Crippen molar-refractivity contribution in [2.75, 3.05) is 0 Å². The Balaban J connectivity index is 2.19. The molecule has 0 fully saturated rings. The van der Waals surface area contributed by atoms with Crippen LogP contribution in [0, 0.1) is 6.92 Å². The van der Waals surface area contributed by atoms with Crippen molar-refractivity contribution in [1.82, 2.24) is 9.13 Å². The average molecular weight is 304 g/mol. The summed E-state index contributed by atoms with van der Waals surface area (Å²) in [6, 6.07) is 9.32. The summed E-state index contributed by atoms with van der Waals surface area (Å²) in [6.07, 6.45) is 1.24. The highest BCUT2D eigenvalue weighted by Gasteiger charge is 2.11. The number of aryl methyl sites for hydroxylation is 1. The standard InChI is InChI=1S/C15H16N2O5/c1-11-7-16(8-13(18)19)15(21)17(14(11)20)10-22-9-12-5-3-2-4-6-12/h2-7H,8-10H2,1H3,(H,18,19). The summed E-state index contributed by atoms with van der Waals surface area (Å²) in [5.74, 6) is -1.16. The lowest BCUT2D eigenvalue weighted by Crippen LogP contribution is -2.42. The number of carbonyl (C=O) groups is 1. The average Bonchev–Trinajstić information content (AvgIpc) is 2.49. The number of hydrogen-bond acceptors (Lipinski definition) is 4. The van der Waals surface area contributed by atoms with E-state index in [9.17, 15) is 14.4 Å². The zero-order valence-electron chi connectivity index (χ0n) is 12.1. The molecule has 116 valence electrons. The maximum absolute atomic E-state index is 12.1. The summed E-state index contributed by atoms with van der Waals surface area (Å²) in [4.78, 5) is 34.8. The predicted octanol–water partition coefficient (Wildman–Crippen LogP) is 0.577. The van der Waals surface area contributed by atoms with Crippen LogP contribution in [-0.2, 0) is 29.4 Å². The van der Waals surface area contributed by atoms with Crippen molar-refractivity contribution in [2.24, 2.45) is 0 Å². The number of carboxylic acid groups (broad SMARTS) is 1. The molecule has 0 radical (unpaired) electrons. The number of hydrogen-bond donors (Lipinski definition) is 1. The van der Waals surface area contributed by atoms with E-state index in [0.717, 1.165) is 14.7 Å². The Kier molecular flexibility index (Phi) is 4.90. The molecule has 1 heterocycles. The Labute approximate surface area is 126 Å². The normalized spacial score (nSPS) is 10.6. The number of carboxylic acids is 1. The molecule has 0 atom stereocenters. The summed E-state index contributed by atoms with van der Waals surface area (Å²) < 4.78 is 7.25. The van der Waals surface area contributed by atoms with Crippen LogP contribution in [0.1, 0.15) is 11.1 Å². The second kappa shape index (κ2) is 6.86. The Morgan fingerprint density at radius 2 is 1.91 bits per heavy atom. The molecule has 7 heteroatoms. The zero-order chi connectivity index (χ0) is 16.1. The van der Waals surface area contributed by atoms with Crippen LogP contribution in [0.15, 0.2) is 46.1 Å². The number of benzene rings is 1. The van der Waals surface area contributed by atoms with Crippen LogP contribution < -0.4 is 11.2 Å². The first kappa shape index (κ1) is 15.7. The van der Waals surface area contributed by atoms with E-state index in [1.807, 2.05) is 30.3 Å². The smallest absolute Gasteiger partial charge is 0.333 e. The topological polar surface area (TPSA) is 90.5 Å². The molecule has 1 aromatic heterocycles. The van der Waals surface area contributed by atoms with Gasteiger partial charge < -0.3 is 9.84 Å². The molecular formula is C15H16N2O5. The number of nitrogens with zero attached hydrogens (tertiary/aromatic N) is 2. The number of rotatable bonds is 6. The maximum Gasteiger partial charge on any atom is 0.333 e. The van der Waals surface area contributed by atoms with Gasteiger partial charge in [-0.25, -0.2) is 9.36 Å². The first-order valence-corrected chi connectivity index (χ1v) is 6.63. The highest BCUT2D eigenvalue weighted by Crippen LogP contribution is 2.00. The van der Waals surface area contributed by atoms with Crippen LogP contribution in [0.4, 0.5) is 0 Å². The first-order valence-electron chi connectivity index (χ1n) is 6.63. The molecule has 7 nitrogen and oxygen atoms in total. The fourth-order valence-electron chi connectivity index (χ4n) is 2.00. The van der Waals surface area contributed by atoms with Crippen LogP contribution in [-0.4, -0.2) is 20.2 Å². The van der Waals surface area contributed by atoms with Crippen molar-refractivity contribution in [2.45, 2.75) is 26.8 Å². The third-order valence-electron chi connectivity index (χ3n) is 3.05. The van der Waals surface area contributed by atoms with E-state index in [2.05, 4.69) is 0 Å². The van der Waals surface area contributed by atoms with Gasteiger partial charge in [0.25, 0.3) is 5.56 Å². The second-order valence-corrected chi connectivity index (χ2v) is 4.81. The van der Waals surface area contributed by atoms with E-state index in [0.29, 0.717) is 0 Å². The van der Waals surface area contributed by atoms with Crippen molar-refractivity contribution in [3.05, 3.63) is 68.5 Å². The van der Waals surface area contributed by atoms with E-state index in [-0.39, 0.29) is 18.9 Å². The third kappa shape index (κ3) is 3.70. The molecule has 0 spiro atoms. The van der Waals surface area contributed by atoms with Gasteiger partial charge in [-0.05, 0) is 12.5 Å². The van der Waals surface area contributed by atoms with Crippen molar-refractivity contribution in [3.63, 3.8) is 0 Å². The van der Waals surface area contributed by atoms with E-state index < -0.39 is 23.8 Å². The Morgan fingerprint density at radius 3 is 2.55 bits per heavy atom. The third-order valence-corrected chi connectivity index (χ3v) is 3.05. The molecule has 0 saturated carbocycles. The zero-order valence-corrected chi connectivity index (χ0v) is 12.1. The quantitative estimate of drug-likeness (QED) is 0.843. The van der Waals surface area contributed by atoms with Gasteiger partial charge in [-0.15, -0.1) is 0 Å². The van der Waals surface area contributed by atoms with Gasteiger partial charge in [-0.1, -0.05) is 30.3 Å². The summed E-state index contributed by atoms with van der Waals surface area (Å²) in [5.41, 5.74) is 0.00369. The Morgan fingerprint density at radius 1 is 1.23 bits per heavy atom. The summed E-state index contributed by atoms with van der Waals surface area (Å²) in [6.45, 7) is 1.04. The van der Waals surface area contributed by atoms with Crippen LogP contribution in [0.2, 0.25) is 0 Å². The monoisotopic (exact) mass is 304 g/mol. The number of aliphatic carboxylic acids is 1. The molecule has 0 unspecified atom stereocenters. The number of ether oxygens (including phenoxy) is 1. The van der Waals surface area contributed by atoms with Crippen LogP contribution in [0.5, 0.6) is 0 Å². The SMILES string of the molecule is Cc1cn(CC(=O)O)c(=O)n(COCc2ccccc2)c1=O. The van der Waals surface area contributed by atoms with Crippen molar-refractivity contribution in [3.8, 4) is 0 Å².